The maximum Gasteiger partial charge on any atom is 0.175 e. The predicted octanol–water partition coefficient (Wildman–Crippen LogP) is 5.34. The summed E-state index contributed by atoms with van der Waals surface area (Å²) >= 11 is 5.30. The van der Waals surface area contributed by atoms with Crippen LogP contribution in [0.2, 0.25) is 0 Å². The Morgan fingerprint density at radius 1 is 1.08 bits per heavy atom. The molecule has 4 aromatic rings. The van der Waals surface area contributed by atoms with Crippen LogP contribution in [-0.4, -0.2) is 15.1 Å². The number of aromatic amines is 2. The number of hydrogen-bond donors (Lipinski definition) is 2. The molecule has 0 radical (unpaired) electrons. The molecule has 0 saturated carbocycles. The zero-order valence-electron chi connectivity index (χ0n) is 14.6. The molecule has 0 saturated heterocycles. The first-order chi connectivity index (χ1) is 12.5. The van der Waals surface area contributed by atoms with E-state index in [-0.39, 0.29) is 0 Å². The Bertz CT molecular complexity index is 1230. The molecular weight excluding hydrogens is 344 g/mol. The van der Waals surface area contributed by atoms with Crippen molar-refractivity contribution in [3.8, 4) is 28.3 Å². The molecule has 26 heavy (non-hydrogen) atoms. The number of imidazole rings is 1. The molecule has 2 heterocycles. The molecule has 0 aliphatic heterocycles. The molecule has 0 atom stereocenters. The highest BCUT2D eigenvalue weighted by atomic mass is 32.1. The third-order valence-corrected chi connectivity index (χ3v) is 4.81. The van der Waals surface area contributed by atoms with Gasteiger partial charge in [0.25, 0.3) is 0 Å². The van der Waals surface area contributed by atoms with Crippen LogP contribution in [0, 0.1) is 36.9 Å². The molecule has 2 N–H and O–H groups in total. The average Bonchev–Trinajstić information content (AvgIpc) is 3.15. The molecule has 0 aliphatic rings. The van der Waals surface area contributed by atoms with Crippen molar-refractivity contribution in [2.45, 2.75) is 20.8 Å². The fraction of sp³-hybridized carbons (Fsp3) is 0.150. The molecular formula is C20H16N4OS. The molecule has 0 fully saturated rings. The van der Waals surface area contributed by atoms with Crippen LogP contribution in [0.15, 0.2) is 34.9 Å². The number of aryl methyl sites for hydroxylation is 3. The molecule has 5 nitrogen and oxygen atoms in total. The molecule has 4 rings (SSSR count). The molecule has 2 aromatic heterocycles. The Balaban J connectivity index is 2.09. The summed E-state index contributed by atoms with van der Waals surface area (Å²) in [6.45, 7) is 5.86. The molecule has 0 bridgehead atoms. The second-order valence-corrected chi connectivity index (χ2v) is 6.77. The van der Waals surface area contributed by atoms with Crippen LogP contribution in [0.3, 0.4) is 0 Å². The van der Waals surface area contributed by atoms with Crippen LogP contribution in [0.1, 0.15) is 22.6 Å². The van der Waals surface area contributed by atoms with Gasteiger partial charge in [0, 0.05) is 11.1 Å². The zero-order chi connectivity index (χ0) is 18.4. The number of nitriles is 1. The quantitative estimate of drug-likeness (QED) is 0.472. The third kappa shape index (κ3) is 2.54. The first-order valence-electron chi connectivity index (χ1n) is 8.18. The van der Waals surface area contributed by atoms with Gasteiger partial charge in [-0.2, -0.15) is 5.26 Å². The van der Waals surface area contributed by atoms with Crippen molar-refractivity contribution in [2.75, 3.05) is 0 Å². The number of H-pyrrole nitrogens is 2. The monoisotopic (exact) mass is 360 g/mol. The Labute approximate surface area is 155 Å². The number of nitrogens with zero attached hydrogens (tertiary/aromatic N) is 2. The number of nitrogens with one attached hydrogen (secondary N) is 2. The highest BCUT2D eigenvalue weighted by molar-refractivity contribution is 7.71. The molecule has 128 valence electrons. The van der Waals surface area contributed by atoms with Crippen molar-refractivity contribution in [1.29, 1.82) is 5.26 Å². The van der Waals surface area contributed by atoms with Crippen LogP contribution < -0.4 is 0 Å². The fourth-order valence-corrected chi connectivity index (χ4v) is 3.59. The first-order valence-corrected chi connectivity index (χ1v) is 8.59. The average molecular weight is 360 g/mol. The lowest BCUT2D eigenvalue weighted by atomic mass is 9.93. The van der Waals surface area contributed by atoms with Gasteiger partial charge in [0.05, 0.1) is 28.4 Å². The lowest BCUT2D eigenvalue weighted by molar-refractivity contribution is 0.393. The summed E-state index contributed by atoms with van der Waals surface area (Å²) in [5.41, 5.74) is 8.32. The fourth-order valence-electron chi connectivity index (χ4n) is 3.38. The Morgan fingerprint density at radius 3 is 2.58 bits per heavy atom. The molecule has 2 aromatic carbocycles. The standard InChI is InChI=1S/C20H16N4OS/c1-10-4-5-13(9-21)6-15(10)16-7-14(18-11(2)24-25-12(18)3)8-17-19(16)23-20(26)22-17/h4-8H,1-3H3,(H2,22,23,26). The van der Waals surface area contributed by atoms with Gasteiger partial charge in [-0.15, -0.1) is 0 Å². The van der Waals surface area contributed by atoms with Gasteiger partial charge in [0.15, 0.2) is 4.77 Å². The van der Waals surface area contributed by atoms with Crippen molar-refractivity contribution in [1.82, 2.24) is 15.1 Å². The largest absolute Gasteiger partial charge is 0.361 e. The van der Waals surface area contributed by atoms with E-state index < -0.39 is 0 Å². The van der Waals surface area contributed by atoms with Crippen LogP contribution >= 0.6 is 12.2 Å². The van der Waals surface area contributed by atoms with Crippen molar-refractivity contribution in [3.05, 3.63) is 57.7 Å². The maximum absolute atomic E-state index is 9.29. The summed E-state index contributed by atoms with van der Waals surface area (Å²) in [7, 11) is 0. The number of hydrogen-bond acceptors (Lipinski definition) is 4. The molecule has 0 aliphatic carbocycles. The van der Waals surface area contributed by atoms with Crippen LogP contribution in [0.5, 0.6) is 0 Å². The summed E-state index contributed by atoms with van der Waals surface area (Å²) in [6.07, 6.45) is 0. The smallest absolute Gasteiger partial charge is 0.175 e. The van der Waals surface area contributed by atoms with Gasteiger partial charge in [-0.3, -0.25) is 0 Å². The zero-order valence-corrected chi connectivity index (χ0v) is 15.4. The van der Waals surface area contributed by atoms with E-state index in [1.807, 2.05) is 45.0 Å². The van der Waals surface area contributed by atoms with Gasteiger partial charge in [-0.25, -0.2) is 0 Å². The third-order valence-electron chi connectivity index (χ3n) is 4.60. The summed E-state index contributed by atoms with van der Waals surface area (Å²) in [5.74, 6) is 0.768. The maximum atomic E-state index is 9.29. The minimum Gasteiger partial charge on any atom is -0.361 e. The van der Waals surface area contributed by atoms with Gasteiger partial charge < -0.3 is 14.5 Å². The topological polar surface area (TPSA) is 81.4 Å². The van der Waals surface area contributed by atoms with E-state index in [4.69, 9.17) is 16.7 Å². The minimum absolute atomic E-state index is 0.561. The van der Waals surface area contributed by atoms with E-state index >= 15 is 0 Å². The van der Waals surface area contributed by atoms with Crippen LogP contribution in [-0.2, 0) is 0 Å². The van der Waals surface area contributed by atoms with Crippen molar-refractivity contribution >= 4 is 23.3 Å². The lowest BCUT2D eigenvalue weighted by Gasteiger charge is -2.11. The Kier molecular flexibility index (Phi) is 3.74. The van der Waals surface area contributed by atoms with Crippen LogP contribution in [0.4, 0.5) is 0 Å². The first kappa shape index (κ1) is 16.3. The lowest BCUT2D eigenvalue weighted by Crippen LogP contribution is -1.90. The van der Waals surface area contributed by atoms with Gasteiger partial charge in [0.1, 0.15) is 5.76 Å². The van der Waals surface area contributed by atoms with Gasteiger partial charge >= 0.3 is 0 Å². The highest BCUT2D eigenvalue weighted by Crippen LogP contribution is 2.36. The van der Waals surface area contributed by atoms with E-state index in [9.17, 15) is 5.26 Å². The van der Waals surface area contributed by atoms with E-state index in [0.717, 1.165) is 50.3 Å². The minimum atomic E-state index is 0.561. The number of fused-ring (bicyclic) bond motifs is 1. The predicted molar refractivity (Wildman–Crippen MR) is 103 cm³/mol. The molecule has 0 amide bonds. The SMILES string of the molecule is Cc1ccc(C#N)cc1-c1cc(-c2c(C)noc2C)cc2[nH]c(=S)[nH]c12. The Hall–Kier alpha value is -3.17. The normalized spacial score (nSPS) is 11.0. The Morgan fingerprint density at radius 2 is 1.88 bits per heavy atom. The van der Waals surface area contributed by atoms with Crippen molar-refractivity contribution in [3.63, 3.8) is 0 Å². The molecule has 6 heteroatoms. The summed E-state index contributed by atoms with van der Waals surface area (Å²) in [4.78, 5) is 6.43. The van der Waals surface area contributed by atoms with Crippen LogP contribution in [0.25, 0.3) is 33.3 Å². The van der Waals surface area contributed by atoms with E-state index in [1.165, 1.54) is 0 Å². The summed E-state index contributed by atoms with van der Waals surface area (Å²) < 4.78 is 5.90. The van der Waals surface area contributed by atoms with Gasteiger partial charge in [-0.05, 0) is 73.9 Å². The summed E-state index contributed by atoms with van der Waals surface area (Å²) in [6, 6.07) is 12.0. The summed E-state index contributed by atoms with van der Waals surface area (Å²) in [5, 5.41) is 13.4. The number of aromatic nitrogens is 3. The molecule has 0 unspecified atom stereocenters. The number of benzene rings is 2. The van der Waals surface area contributed by atoms with Gasteiger partial charge in [-0.1, -0.05) is 11.2 Å². The second kappa shape index (κ2) is 5.97. The van der Waals surface area contributed by atoms with E-state index in [0.29, 0.717) is 10.3 Å². The van der Waals surface area contributed by atoms with Crippen molar-refractivity contribution < 1.29 is 4.52 Å². The molecule has 0 spiro atoms. The number of rotatable bonds is 2. The van der Waals surface area contributed by atoms with Crippen molar-refractivity contribution in [2.24, 2.45) is 0 Å². The van der Waals surface area contributed by atoms with E-state index in [2.05, 4.69) is 27.3 Å². The second-order valence-electron chi connectivity index (χ2n) is 6.37. The van der Waals surface area contributed by atoms with E-state index in [1.54, 1.807) is 0 Å². The van der Waals surface area contributed by atoms with Gasteiger partial charge in [0.2, 0.25) is 0 Å². The highest BCUT2D eigenvalue weighted by Gasteiger charge is 2.17.